The van der Waals surface area contributed by atoms with Gasteiger partial charge in [-0.25, -0.2) is 0 Å². The first-order chi connectivity index (χ1) is 5.07. The van der Waals surface area contributed by atoms with Crippen LogP contribution in [0.4, 0.5) is 0 Å². The summed E-state index contributed by atoms with van der Waals surface area (Å²) < 4.78 is 0. The first-order valence-corrected chi connectivity index (χ1v) is 3.27. The van der Waals surface area contributed by atoms with E-state index in [0.29, 0.717) is 6.54 Å². The Morgan fingerprint density at radius 3 is 2.64 bits per heavy atom. The molecule has 64 valence electrons. The third kappa shape index (κ3) is 4.19. The van der Waals surface area contributed by atoms with Gasteiger partial charge in [0.25, 0.3) is 0 Å². The van der Waals surface area contributed by atoms with Crippen LogP contribution in [-0.2, 0) is 4.79 Å². The predicted octanol–water partition coefficient (Wildman–Crippen LogP) is -0.453. The number of hydrogen-bond acceptors (Lipinski definition) is 2. The van der Waals surface area contributed by atoms with Crippen molar-refractivity contribution in [1.29, 1.82) is 5.41 Å². The van der Waals surface area contributed by atoms with Gasteiger partial charge in [0.2, 0.25) is 0 Å². The van der Waals surface area contributed by atoms with Gasteiger partial charge >= 0.3 is 5.97 Å². The van der Waals surface area contributed by atoms with Crippen molar-refractivity contribution in [3.8, 4) is 0 Å². The molecule has 0 unspecified atom stereocenters. The van der Waals surface area contributed by atoms with E-state index in [4.69, 9.17) is 10.5 Å². The molecule has 5 nitrogen and oxygen atoms in total. The maximum absolute atomic E-state index is 10.1. The number of hydrogen-bond donors (Lipinski definition) is 3. The molecule has 0 aromatic rings. The van der Waals surface area contributed by atoms with Crippen LogP contribution in [0.1, 0.15) is 6.42 Å². The molecule has 0 atom stereocenters. The summed E-state index contributed by atoms with van der Waals surface area (Å²) in [4.78, 5) is 11.6. The number of carboxylic acid groups (broad SMARTS) is 1. The average molecular weight is 159 g/mol. The van der Waals surface area contributed by atoms with E-state index < -0.39 is 5.97 Å². The smallest absolute Gasteiger partial charge is 0.305 e. The van der Waals surface area contributed by atoms with E-state index in [0.717, 1.165) is 0 Å². The fraction of sp³-hybridized carbons (Fsp3) is 0.667. The molecule has 0 fully saturated rings. The fourth-order valence-electron chi connectivity index (χ4n) is 0.566. The van der Waals surface area contributed by atoms with Gasteiger partial charge in [0.15, 0.2) is 5.96 Å². The number of nitrogens with zero attached hydrogens (tertiary/aromatic N) is 1. The van der Waals surface area contributed by atoms with Crippen LogP contribution >= 0.6 is 0 Å². The van der Waals surface area contributed by atoms with Gasteiger partial charge in [-0.05, 0) is 0 Å². The van der Waals surface area contributed by atoms with E-state index in [9.17, 15) is 4.79 Å². The van der Waals surface area contributed by atoms with E-state index in [1.807, 2.05) is 0 Å². The summed E-state index contributed by atoms with van der Waals surface area (Å²) in [5.74, 6) is -0.619. The van der Waals surface area contributed by atoms with Gasteiger partial charge in [-0.1, -0.05) is 0 Å². The van der Waals surface area contributed by atoms with Crippen LogP contribution in [-0.4, -0.2) is 42.6 Å². The number of carbonyl (C=O) groups is 1. The molecule has 0 saturated heterocycles. The Kier molecular flexibility index (Phi) is 4.02. The minimum Gasteiger partial charge on any atom is -0.481 e. The summed E-state index contributed by atoms with van der Waals surface area (Å²) in [6, 6.07) is 0. The maximum Gasteiger partial charge on any atom is 0.305 e. The highest BCUT2D eigenvalue weighted by atomic mass is 16.4. The van der Waals surface area contributed by atoms with E-state index >= 15 is 0 Å². The van der Waals surface area contributed by atoms with Crippen molar-refractivity contribution in [2.75, 3.05) is 20.6 Å². The lowest BCUT2D eigenvalue weighted by Crippen LogP contribution is -2.36. The molecular formula is C6H13N3O2. The molecule has 0 aliphatic heterocycles. The number of rotatable bonds is 3. The van der Waals surface area contributed by atoms with Crippen LogP contribution in [0.25, 0.3) is 0 Å². The Hall–Kier alpha value is -1.26. The van der Waals surface area contributed by atoms with Crippen LogP contribution in [0.3, 0.4) is 0 Å². The summed E-state index contributed by atoms with van der Waals surface area (Å²) in [7, 11) is 3.29. The number of nitrogens with one attached hydrogen (secondary N) is 2. The third-order valence-corrected chi connectivity index (χ3v) is 1.28. The Bertz CT molecular complexity index is 158. The SMILES string of the molecule is CNC(=N)N(C)CCC(=O)O. The van der Waals surface area contributed by atoms with E-state index in [1.165, 1.54) is 4.90 Å². The van der Waals surface area contributed by atoms with Crippen molar-refractivity contribution in [3.05, 3.63) is 0 Å². The minimum atomic E-state index is -0.847. The minimum absolute atomic E-state index is 0.0561. The summed E-state index contributed by atoms with van der Waals surface area (Å²) in [5.41, 5.74) is 0. The fourth-order valence-corrected chi connectivity index (χ4v) is 0.566. The first-order valence-electron chi connectivity index (χ1n) is 3.27. The molecular weight excluding hydrogens is 146 g/mol. The number of guanidine groups is 1. The molecule has 0 amide bonds. The quantitative estimate of drug-likeness (QED) is 0.385. The molecule has 0 saturated carbocycles. The molecule has 11 heavy (non-hydrogen) atoms. The summed E-state index contributed by atoms with van der Waals surface area (Å²) >= 11 is 0. The number of carboxylic acids is 1. The van der Waals surface area contributed by atoms with Crippen molar-refractivity contribution in [1.82, 2.24) is 10.2 Å². The van der Waals surface area contributed by atoms with Crippen molar-refractivity contribution < 1.29 is 9.90 Å². The molecule has 3 N–H and O–H groups in total. The van der Waals surface area contributed by atoms with Crippen LogP contribution in [0.5, 0.6) is 0 Å². The van der Waals surface area contributed by atoms with E-state index in [-0.39, 0.29) is 12.4 Å². The highest BCUT2D eigenvalue weighted by Crippen LogP contribution is 1.86. The molecule has 5 heteroatoms. The second kappa shape index (κ2) is 4.54. The van der Waals surface area contributed by atoms with Crippen molar-refractivity contribution in [3.63, 3.8) is 0 Å². The zero-order chi connectivity index (χ0) is 8.85. The van der Waals surface area contributed by atoms with Gasteiger partial charge in [-0.15, -0.1) is 0 Å². The van der Waals surface area contributed by atoms with Crippen molar-refractivity contribution in [2.45, 2.75) is 6.42 Å². The van der Waals surface area contributed by atoms with Gasteiger partial charge in [0.1, 0.15) is 0 Å². The second-order valence-electron chi connectivity index (χ2n) is 2.16. The van der Waals surface area contributed by atoms with Crippen LogP contribution in [0, 0.1) is 5.41 Å². The summed E-state index contributed by atoms with van der Waals surface area (Å²) in [6.45, 7) is 0.356. The highest BCUT2D eigenvalue weighted by Gasteiger charge is 2.03. The van der Waals surface area contributed by atoms with E-state index in [1.54, 1.807) is 14.1 Å². The summed E-state index contributed by atoms with van der Waals surface area (Å²) in [6.07, 6.45) is 0.0561. The van der Waals surface area contributed by atoms with E-state index in [2.05, 4.69) is 5.32 Å². The standard InChI is InChI=1S/C6H13N3O2/c1-8-6(7)9(2)4-3-5(10)11/h3-4H2,1-2H3,(H2,7,8)(H,10,11). The molecule has 0 radical (unpaired) electrons. The topological polar surface area (TPSA) is 76.4 Å². The molecule has 0 aromatic carbocycles. The van der Waals surface area contributed by atoms with Gasteiger partial charge in [-0.2, -0.15) is 0 Å². The Morgan fingerprint density at radius 2 is 2.27 bits per heavy atom. The maximum atomic E-state index is 10.1. The second-order valence-corrected chi connectivity index (χ2v) is 2.16. The zero-order valence-corrected chi connectivity index (χ0v) is 6.72. The molecule has 0 heterocycles. The molecule has 0 bridgehead atoms. The van der Waals surface area contributed by atoms with Crippen LogP contribution < -0.4 is 5.32 Å². The Morgan fingerprint density at radius 1 is 1.73 bits per heavy atom. The van der Waals surface area contributed by atoms with Gasteiger partial charge in [-0.3, -0.25) is 10.2 Å². The van der Waals surface area contributed by atoms with Crippen molar-refractivity contribution >= 4 is 11.9 Å². The lowest BCUT2D eigenvalue weighted by molar-refractivity contribution is -0.137. The van der Waals surface area contributed by atoms with Crippen LogP contribution in [0.2, 0.25) is 0 Å². The average Bonchev–Trinajstić information content (AvgIpc) is 1.98. The summed E-state index contributed by atoms with van der Waals surface area (Å²) in [5, 5.41) is 18.1. The van der Waals surface area contributed by atoms with Crippen LogP contribution in [0.15, 0.2) is 0 Å². The van der Waals surface area contributed by atoms with Gasteiger partial charge in [0, 0.05) is 20.6 Å². The largest absolute Gasteiger partial charge is 0.481 e. The highest BCUT2D eigenvalue weighted by molar-refractivity contribution is 5.76. The molecule has 0 spiro atoms. The van der Waals surface area contributed by atoms with Crippen molar-refractivity contribution in [2.24, 2.45) is 0 Å². The molecule has 0 aromatic heterocycles. The Labute approximate surface area is 65.5 Å². The molecule has 0 rings (SSSR count). The first kappa shape index (κ1) is 9.74. The lowest BCUT2D eigenvalue weighted by Gasteiger charge is -2.17. The molecule has 0 aliphatic rings. The predicted molar refractivity (Wildman–Crippen MR) is 41.7 cm³/mol. The molecule has 0 aliphatic carbocycles. The number of aliphatic carboxylic acids is 1. The normalized spacial score (nSPS) is 8.91. The lowest BCUT2D eigenvalue weighted by atomic mass is 10.4. The zero-order valence-electron chi connectivity index (χ0n) is 6.72. The van der Waals surface area contributed by atoms with Gasteiger partial charge < -0.3 is 15.3 Å². The third-order valence-electron chi connectivity index (χ3n) is 1.28. The van der Waals surface area contributed by atoms with Gasteiger partial charge in [0.05, 0.1) is 6.42 Å². The monoisotopic (exact) mass is 159 g/mol. The Balaban J connectivity index is 3.60.